The van der Waals surface area contributed by atoms with Crippen LogP contribution >= 0.6 is 0 Å². The zero-order valence-corrected chi connectivity index (χ0v) is 12.9. The topological polar surface area (TPSA) is 57.6 Å². The van der Waals surface area contributed by atoms with E-state index in [-0.39, 0.29) is 18.4 Å². The normalized spacial score (nSPS) is 28.9. The fourth-order valence-corrected chi connectivity index (χ4v) is 4.48. The average Bonchev–Trinajstić information content (AvgIpc) is 2.64. The molecule has 2 amide bonds. The Labute approximate surface area is 126 Å². The first-order valence-corrected chi connectivity index (χ1v) is 8.62. The summed E-state index contributed by atoms with van der Waals surface area (Å²) in [5.41, 5.74) is -1.27. The van der Waals surface area contributed by atoms with Crippen LogP contribution < -0.4 is 0 Å². The van der Waals surface area contributed by atoms with E-state index < -0.39 is 11.0 Å². The van der Waals surface area contributed by atoms with E-state index in [0.29, 0.717) is 6.42 Å². The summed E-state index contributed by atoms with van der Waals surface area (Å²) in [6.45, 7) is 0.229. The molecule has 1 heterocycles. The number of hydrogen-bond donors (Lipinski definition) is 1. The minimum Gasteiger partial charge on any atom is -0.388 e. The Morgan fingerprint density at radius 2 is 1.38 bits per heavy atom. The number of imide groups is 1. The van der Waals surface area contributed by atoms with Crippen LogP contribution in [0, 0.1) is 5.41 Å². The summed E-state index contributed by atoms with van der Waals surface area (Å²) < 4.78 is 0. The number of carbonyl (C=O) groups is 2. The molecule has 21 heavy (non-hydrogen) atoms. The van der Waals surface area contributed by atoms with Gasteiger partial charge in [0.1, 0.15) is 0 Å². The molecule has 0 aromatic heterocycles. The standard InChI is InChI=1S/C17H27NO3/c19-14-12-16(8-4-3-5-9-16)15(20)18(14)13-17(21)10-6-1-2-7-11-17/h21H,1-13H2. The molecule has 0 aromatic rings. The van der Waals surface area contributed by atoms with E-state index >= 15 is 0 Å². The summed E-state index contributed by atoms with van der Waals surface area (Å²) in [6, 6.07) is 0. The highest BCUT2D eigenvalue weighted by Gasteiger charge is 2.52. The number of hydrogen-bond acceptors (Lipinski definition) is 3. The molecule has 4 heteroatoms. The molecule has 2 aliphatic carbocycles. The van der Waals surface area contributed by atoms with E-state index in [4.69, 9.17) is 0 Å². The Morgan fingerprint density at radius 1 is 0.857 bits per heavy atom. The zero-order chi connectivity index (χ0) is 14.9. The molecule has 1 N–H and O–H groups in total. The van der Waals surface area contributed by atoms with Gasteiger partial charge in [-0.2, -0.15) is 0 Å². The lowest BCUT2D eigenvalue weighted by Gasteiger charge is -2.33. The predicted molar refractivity (Wildman–Crippen MR) is 79.5 cm³/mol. The smallest absolute Gasteiger partial charge is 0.236 e. The fraction of sp³-hybridized carbons (Fsp3) is 0.882. The van der Waals surface area contributed by atoms with Crippen molar-refractivity contribution < 1.29 is 14.7 Å². The first kappa shape index (κ1) is 15.0. The Hall–Kier alpha value is -0.900. The van der Waals surface area contributed by atoms with E-state index in [1.807, 2.05) is 0 Å². The number of nitrogens with zero attached hydrogens (tertiary/aromatic N) is 1. The average molecular weight is 293 g/mol. The quantitative estimate of drug-likeness (QED) is 0.629. The van der Waals surface area contributed by atoms with Crippen molar-refractivity contribution in [2.45, 2.75) is 82.7 Å². The van der Waals surface area contributed by atoms with Gasteiger partial charge in [0.05, 0.1) is 17.6 Å². The number of carbonyl (C=O) groups excluding carboxylic acids is 2. The lowest BCUT2D eigenvalue weighted by molar-refractivity contribution is -0.146. The Bertz CT molecular complexity index is 418. The van der Waals surface area contributed by atoms with Gasteiger partial charge in [0.15, 0.2) is 0 Å². The Kier molecular flexibility index (Phi) is 4.08. The highest BCUT2D eigenvalue weighted by molar-refractivity contribution is 6.06. The predicted octanol–water partition coefficient (Wildman–Crippen LogP) is 2.78. The molecule has 0 bridgehead atoms. The van der Waals surface area contributed by atoms with Crippen molar-refractivity contribution in [3.63, 3.8) is 0 Å². The van der Waals surface area contributed by atoms with Gasteiger partial charge in [0.25, 0.3) is 0 Å². The van der Waals surface area contributed by atoms with Gasteiger partial charge in [0, 0.05) is 6.42 Å². The summed E-state index contributed by atoms with van der Waals surface area (Å²) in [5.74, 6) is -0.0514. The van der Waals surface area contributed by atoms with Crippen molar-refractivity contribution in [1.82, 2.24) is 4.90 Å². The molecular formula is C17H27NO3. The van der Waals surface area contributed by atoms with E-state index in [9.17, 15) is 14.7 Å². The minimum absolute atomic E-state index is 0.00451. The van der Waals surface area contributed by atoms with Crippen molar-refractivity contribution in [3.05, 3.63) is 0 Å². The van der Waals surface area contributed by atoms with Crippen molar-refractivity contribution in [2.24, 2.45) is 5.41 Å². The van der Waals surface area contributed by atoms with Crippen LogP contribution in [0.3, 0.4) is 0 Å². The van der Waals surface area contributed by atoms with Crippen LogP contribution in [0.1, 0.15) is 77.0 Å². The molecule has 3 fully saturated rings. The van der Waals surface area contributed by atoms with E-state index in [2.05, 4.69) is 0 Å². The number of likely N-dealkylation sites (tertiary alicyclic amines) is 1. The zero-order valence-electron chi connectivity index (χ0n) is 12.9. The van der Waals surface area contributed by atoms with E-state index in [1.54, 1.807) is 0 Å². The molecule has 0 aromatic carbocycles. The van der Waals surface area contributed by atoms with Crippen LogP contribution in [-0.4, -0.2) is 34.0 Å². The summed E-state index contributed by atoms with van der Waals surface area (Å²) in [4.78, 5) is 26.5. The Balaban J connectivity index is 1.73. The third kappa shape index (κ3) is 2.87. The fourth-order valence-electron chi connectivity index (χ4n) is 4.48. The minimum atomic E-state index is -0.845. The van der Waals surface area contributed by atoms with Gasteiger partial charge in [-0.25, -0.2) is 0 Å². The van der Waals surface area contributed by atoms with Gasteiger partial charge in [-0.3, -0.25) is 14.5 Å². The lowest BCUT2D eigenvalue weighted by atomic mass is 9.73. The number of β-amino-alcohol motifs (C(OH)–C–C–N with tert-alkyl or cyclic N) is 1. The first-order chi connectivity index (χ1) is 10.0. The van der Waals surface area contributed by atoms with Crippen LogP contribution in [0.4, 0.5) is 0 Å². The van der Waals surface area contributed by atoms with Gasteiger partial charge in [-0.1, -0.05) is 44.9 Å². The maximum Gasteiger partial charge on any atom is 0.236 e. The summed E-state index contributed by atoms with van der Waals surface area (Å²) >= 11 is 0. The van der Waals surface area contributed by atoms with Crippen molar-refractivity contribution in [3.8, 4) is 0 Å². The molecule has 2 saturated carbocycles. The molecule has 3 rings (SSSR count). The number of aliphatic hydroxyl groups is 1. The molecule has 1 saturated heterocycles. The van der Waals surface area contributed by atoms with Crippen molar-refractivity contribution in [1.29, 1.82) is 0 Å². The maximum atomic E-state index is 12.8. The number of rotatable bonds is 2. The SMILES string of the molecule is O=C1CC2(CCCCC2)C(=O)N1CC1(O)CCCCCC1. The molecule has 3 aliphatic rings. The van der Waals surface area contributed by atoms with Crippen LogP contribution in [0.5, 0.6) is 0 Å². The van der Waals surface area contributed by atoms with Gasteiger partial charge in [-0.05, 0) is 25.7 Å². The Morgan fingerprint density at radius 3 is 2.00 bits per heavy atom. The molecule has 118 valence electrons. The number of amides is 2. The third-order valence-corrected chi connectivity index (χ3v) is 5.79. The van der Waals surface area contributed by atoms with Gasteiger partial charge >= 0.3 is 0 Å². The van der Waals surface area contributed by atoms with Gasteiger partial charge < -0.3 is 5.11 Å². The monoisotopic (exact) mass is 293 g/mol. The highest BCUT2D eigenvalue weighted by atomic mass is 16.3. The van der Waals surface area contributed by atoms with Gasteiger partial charge in [-0.15, -0.1) is 0 Å². The summed E-state index contributed by atoms with van der Waals surface area (Å²) in [7, 11) is 0. The molecule has 1 aliphatic heterocycles. The molecular weight excluding hydrogens is 266 g/mol. The second kappa shape index (κ2) is 5.71. The summed E-state index contributed by atoms with van der Waals surface area (Å²) in [6.07, 6.45) is 11.1. The van der Waals surface area contributed by atoms with E-state index in [0.717, 1.165) is 64.2 Å². The molecule has 0 atom stereocenters. The highest BCUT2D eigenvalue weighted by Crippen LogP contribution is 2.46. The van der Waals surface area contributed by atoms with Crippen LogP contribution in [0.15, 0.2) is 0 Å². The van der Waals surface area contributed by atoms with E-state index in [1.165, 1.54) is 11.3 Å². The largest absolute Gasteiger partial charge is 0.388 e. The van der Waals surface area contributed by atoms with Crippen molar-refractivity contribution in [2.75, 3.05) is 6.54 Å². The van der Waals surface area contributed by atoms with Crippen LogP contribution in [0.25, 0.3) is 0 Å². The first-order valence-electron chi connectivity index (χ1n) is 8.62. The molecule has 4 nitrogen and oxygen atoms in total. The maximum absolute atomic E-state index is 12.8. The molecule has 0 unspecified atom stereocenters. The lowest BCUT2D eigenvalue weighted by Crippen LogP contribution is -2.47. The second-order valence-corrected chi connectivity index (χ2v) is 7.44. The van der Waals surface area contributed by atoms with Gasteiger partial charge in [0.2, 0.25) is 11.8 Å². The molecule has 0 radical (unpaired) electrons. The van der Waals surface area contributed by atoms with Crippen molar-refractivity contribution >= 4 is 11.8 Å². The van der Waals surface area contributed by atoms with Crippen LogP contribution in [0.2, 0.25) is 0 Å². The summed E-state index contributed by atoms with van der Waals surface area (Å²) in [5, 5.41) is 10.8. The second-order valence-electron chi connectivity index (χ2n) is 7.44. The van der Waals surface area contributed by atoms with Crippen LogP contribution in [-0.2, 0) is 9.59 Å². The molecule has 1 spiro atoms. The third-order valence-electron chi connectivity index (χ3n) is 5.79.